The number of anilines is 1. The molecule has 1 aromatic carbocycles. The molecule has 1 saturated carbocycles. The van der Waals surface area contributed by atoms with Crippen molar-refractivity contribution in [3.63, 3.8) is 0 Å². The van der Waals surface area contributed by atoms with E-state index < -0.39 is 5.82 Å². The van der Waals surface area contributed by atoms with Crippen molar-refractivity contribution >= 4 is 11.6 Å². The van der Waals surface area contributed by atoms with Gasteiger partial charge in [-0.1, -0.05) is 6.07 Å². The van der Waals surface area contributed by atoms with Gasteiger partial charge in [-0.3, -0.25) is 4.79 Å². The summed E-state index contributed by atoms with van der Waals surface area (Å²) in [5.74, 6) is -0.0625. The Morgan fingerprint density at radius 2 is 2.00 bits per heavy atom. The lowest BCUT2D eigenvalue weighted by Gasteiger charge is -2.34. The second-order valence-electron chi connectivity index (χ2n) is 5.79. The van der Waals surface area contributed by atoms with Crippen molar-refractivity contribution in [2.45, 2.75) is 31.7 Å². The first-order valence-electron chi connectivity index (χ1n) is 7.43. The third kappa shape index (κ3) is 2.99. The molecule has 1 amide bonds. The van der Waals surface area contributed by atoms with Gasteiger partial charge in [0.25, 0.3) is 0 Å². The van der Waals surface area contributed by atoms with Gasteiger partial charge in [-0.15, -0.1) is 0 Å². The number of carbonyl (C=O) groups excluding carboxylic acids is 1. The second-order valence-corrected chi connectivity index (χ2v) is 5.79. The fourth-order valence-electron chi connectivity index (χ4n) is 2.82. The molecule has 0 spiro atoms. The number of nitriles is 1. The number of nitrogens with zero attached hydrogens (tertiary/aromatic N) is 2. The van der Waals surface area contributed by atoms with Gasteiger partial charge in [0.15, 0.2) is 0 Å². The van der Waals surface area contributed by atoms with E-state index in [0.29, 0.717) is 5.69 Å². The normalized spacial score (nSPS) is 19.1. The summed E-state index contributed by atoms with van der Waals surface area (Å²) in [5.41, 5.74) is 0.766. The van der Waals surface area contributed by atoms with E-state index in [1.165, 1.54) is 6.07 Å². The Bertz CT molecular complexity index is 584. The molecule has 1 heterocycles. The van der Waals surface area contributed by atoms with Crippen LogP contribution in [0.15, 0.2) is 18.2 Å². The zero-order chi connectivity index (χ0) is 14.8. The van der Waals surface area contributed by atoms with E-state index >= 15 is 0 Å². The van der Waals surface area contributed by atoms with Crippen molar-refractivity contribution in [2.75, 3.05) is 18.0 Å². The van der Waals surface area contributed by atoms with Crippen LogP contribution in [0.2, 0.25) is 0 Å². The molecule has 21 heavy (non-hydrogen) atoms. The monoisotopic (exact) mass is 287 g/mol. The first-order chi connectivity index (χ1) is 10.2. The van der Waals surface area contributed by atoms with Crippen LogP contribution < -0.4 is 10.2 Å². The number of hydrogen-bond donors (Lipinski definition) is 1. The maximum atomic E-state index is 13.6. The largest absolute Gasteiger partial charge is 0.370 e. The summed E-state index contributed by atoms with van der Waals surface area (Å²) in [6.45, 7) is 1.46. The molecule has 0 radical (unpaired) electrons. The number of nitrogens with one attached hydrogen (secondary N) is 1. The fourth-order valence-corrected chi connectivity index (χ4v) is 2.82. The lowest BCUT2D eigenvalue weighted by molar-refractivity contribution is -0.123. The smallest absolute Gasteiger partial charge is 0.223 e. The molecule has 1 aliphatic heterocycles. The lowest BCUT2D eigenvalue weighted by atomic mass is 10.0. The Labute approximate surface area is 123 Å². The zero-order valence-corrected chi connectivity index (χ0v) is 11.8. The molecule has 1 saturated heterocycles. The van der Waals surface area contributed by atoms with Gasteiger partial charge in [-0.2, -0.15) is 5.26 Å². The van der Waals surface area contributed by atoms with Gasteiger partial charge in [-0.05, 0) is 37.8 Å². The number of carbonyl (C=O) groups is 1. The van der Waals surface area contributed by atoms with E-state index in [4.69, 9.17) is 5.26 Å². The number of amides is 1. The molecule has 2 fully saturated rings. The molecule has 4 nitrogen and oxygen atoms in total. The van der Waals surface area contributed by atoms with Gasteiger partial charge in [0.2, 0.25) is 5.91 Å². The maximum Gasteiger partial charge on any atom is 0.223 e. The molecule has 1 aliphatic carbocycles. The third-order valence-corrected chi connectivity index (χ3v) is 4.23. The van der Waals surface area contributed by atoms with Crippen LogP contribution in [0.4, 0.5) is 10.1 Å². The van der Waals surface area contributed by atoms with E-state index in [9.17, 15) is 9.18 Å². The van der Waals surface area contributed by atoms with Crippen LogP contribution in [0.5, 0.6) is 0 Å². The quantitative estimate of drug-likeness (QED) is 0.927. The molecule has 0 atom stereocenters. The minimum absolute atomic E-state index is 0.109. The SMILES string of the molecule is N#Cc1c(F)cccc1N1CCC(NC(=O)C2CC2)CC1. The highest BCUT2D eigenvalue weighted by Gasteiger charge is 2.32. The summed E-state index contributed by atoms with van der Waals surface area (Å²) in [5, 5.41) is 12.2. The second kappa shape index (κ2) is 5.72. The summed E-state index contributed by atoms with van der Waals surface area (Å²) in [7, 11) is 0. The Morgan fingerprint density at radius 1 is 1.29 bits per heavy atom. The van der Waals surface area contributed by atoms with E-state index in [2.05, 4.69) is 5.32 Å². The number of hydrogen-bond acceptors (Lipinski definition) is 3. The van der Waals surface area contributed by atoms with Gasteiger partial charge in [0, 0.05) is 25.0 Å². The molecule has 0 bridgehead atoms. The topological polar surface area (TPSA) is 56.1 Å². The van der Waals surface area contributed by atoms with Crippen molar-refractivity contribution < 1.29 is 9.18 Å². The van der Waals surface area contributed by atoms with Crippen LogP contribution in [-0.4, -0.2) is 25.0 Å². The highest BCUT2D eigenvalue weighted by atomic mass is 19.1. The summed E-state index contributed by atoms with van der Waals surface area (Å²) in [6.07, 6.45) is 3.69. The third-order valence-electron chi connectivity index (χ3n) is 4.23. The van der Waals surface area contributed by atoms with Crippen LogP contribution in [-0.2, 0) is 4.79 Å². The van der Waals surface area contributed by atoms with Crippen molar-refractivity contribution in [3.05, 3.63) is 29.6 Å². The Kier molecular flexibility index (Phi) is 3.78. The highest BCUT2D eigenvalue weighted by Crippen LogP contribution is 2.30. The van der Waals surface area contributed by atoms with Crippen LogP contribution in [0, 0.1) is 23.1 Å². The fraction of sp³-hybridized carbons (Fsp3) is 0.500. The average Bonchev–Trinajstić information content (AvgIpc) is 3.32. The van der Waals surface area contributed by atoms with Gasteiger partial charge < -0.3 is 10.2 Å². The Hall–Kier alpha value is -2.09. The summed E-state index contributed by atoms with van der Waals surface area (Å²) in [4.78, 5) is 13.8. The first-order valence-corrected chi connectivity index (χ1v) is 7.43. The van der Waals surface area contributed by atoms with Crippen molar-refractivity contribution in [1.29, 1.82) is 5.26 Å². The minimum atomic E-state index is -0.473. The maximum absolute atomic E-state index is 13.6. The molecule has 3 rings (SSSR count). The molecule has 2 aliphatic rings. The van der Waals surface area contributed by atoms with E-state index in [1.54, 1.807) is 12.1 Å². The molecular weight excluding hydrogens is 269 g/mol. The average molecular weight is 287 g/mol. The standard InChI is InChI=1S/C16H18FN3O/c17-14-2-1-3-15(13(14)10-18)20-8-6-12(7-9-20)19-16(21)11-4-5-11/h1-3,11-12H,4-9H2,(H,19,21). The van der Waals surface area contributed by atoms with Crippen molar-refractivity contribution in [3.8, 4) is 6.07 Å². The van der Waals surface area contributed by atoms with Crippen molar-refractivity contribution in [1.82, 2.24) is 5.32 Å². The summed E-state index contributed by atoms with van der Waals surface area (Å²) < 4.78 is 13.6. The Morgan fingerprint density at radius 3 is 2.62 bits per heavy atom. The van der Waals surface area contributed by atoms with Crippen LogP contribution >= 0.6 is 0 Å². The van der Waals surface area contributed by atoms with Crippen LogP contribution in [0.3, 0.4) is 0 Å². The summed E-state index contributed by atoms with van der Waals surface area (Å²) in [6, 6.07) is 6.87. The van der Waals surface area contributed by atoms with Gasteiger partial charge in [0.1, 0.15) is 17.4 Å². The molecular formula is C16H18FN3O. The number of rotatable bonds is 3. The van der Waals surface area contributed by atoms with Crippen LogP contribution in [0.1, 0.15) is 31.2 Å². The van der Waals surface area contributed by atoms with Gasteiger partial charge in [0.05, 0.1) is 5.69 Å². The lowest BCUT2D eigenvalue weighted by Crippen LogP contribution is -2.45. The molecule has 0 unspecified atom stereocenters. The number of benzene rings is 1. The number of piperidine rings is 1. The zero-order valence-electron chi connectivity index (χ0n) is 11.8. The number of halogens is 1. The van der Waals surface area contributed by atoms with Crippen molar-refractivity contribution in [2.24, 2.45) is 5.92 Å². The molecule has 110 valence electrons. The predicted octanol–water partition coefficient (Wildman–Crippen LogP) is 2.19. The Balaban J connectivity index is 1.62. The highest BCUT2D eigenvalue weighted by molar-refractivity contribution is 5.81. The molecule has 1 N–H and O–H groups in total. The summed E-state index contributed by atoms with van der Waals surface area (Å²) >= 11 is 0. The molecule has 1 aromatic rings. The first kappa shape index (κ1) is 13.9. The minimum Gasteiger partial charge on any atom is -0.370 e. The van der Waals surface area contributed by atoms with E-state index in [0.717, 1.165) is 38.8 Å². The van der Waals surface area contributed by atoms with Crippen LogP contribution in [0.25, 0.3) is 0 Å². The predicted molar refractivity (Wildman–Crippen MR) is 77.2 cm³/mol. The molecule has 0 aromatic heterocycles. The molecule has 5 heteroatoms. The van der Waals surface area contributed by atoms with E-state index in [1.807, 2.05) is 11.0 Å². The van der Waals surface area contributed by atoms with E-state index in [-0.39, 0.29) is 23.4 Å². The van der Waals surface area contributed by atoms with Gasteiger partial charge in [-0.25, -0.2) is 4.39 Å². The van der Waals surface area contributed by atoms with Gasteiger partial charge >= 0.3 is 0 Å².